The predicted octanol–water partition coefficient (Wildman–Crippen LogP) is 6.33. The van der Waals surface area contributed by atoms with Crippen LogP contribution in [0.15, 0.2) is 78.9 Å². The largest absolute Gasteiger partial charge is 0.383 e. The van der Waals surface area contributed by atoms with Gasteiger partial charge in [0.1, 0.15) is 23.3 Å². The Hall–Kier alpha value is -3.68. The van der Waals surface area contributed by atoms with Crippen LogP contribution < -0.4 is 5.73 Å². The number of nitrogen functional groups attached to an aromatic ring is 1. The molecule has 29 heavy (non-hydrogen) atoms. The lowest BCUT2D eigenvalue weighted by Gasteiger charge is -2.12. The maximum Gasteiger partial charge on any atom is 0.142 e. The number of hydrogen-bond donors (Lipinski definition) is 1. The molecule has 140 valence electrons. The van der Waals surface area contributed by atoms with E-state index in [2.05, 4.69) is 4.98 Å². The first-order chi connectivity index (χ1) is 14.1. The lowest BCUT2D eigenvalue weighted by Crippen LogP contribution is -2.01. The molecular weight excluding hydrogens is 385 g/mol. The van der Waals surface area contributed by atoms with Crippen LogP contribution in [0.25, 0.3) is 33.5 Å². The third-order valence-electron chi connectivity index (χ3n) is 4.68. The Labute approximate surface area is 172 Å². The SMILES string of the molecule is N#Cc1c(-c2c(F)cccc2Cl)cc(-c2ccc(-c3ccccc3)cc2)nc1N. The quantitative estimate of drug-likeness (QED) is 0.438. The number of halogens is 2. The van der Waals surface area contributed by atoms with Crippen molar-refractivity contribution in [1.29, 1.82) is 5.26 Å². The minimum atomic E-state index is -0.523. The number of anilines is 1. The van der Waals surface area contributed by atoms with Gasteiger partial charge < -0.3 is 5.73 Å². The molecule has 4 aromatic rings. The van der Waals surface area contributed by atoms with Gasteiger partial charge >= 0.3 is 0 Å². The standard InChI is InChI=1S/C24H15ClFN3/c25-20-7-4-8-21(26)23(20)18-13-22(29-24(28)19(18)14-27)17-11-9-16(10-12-17)15-5-2-1-3-6-15/h1-13H,(H2,28,29). The van der Waals surface area contributed by atoms with E-state index in [4.69, 9.17) is 17.3 Å². The van der Waals surface area contributed by atoms with Crippen molar-refractivity contribution in [3.8, 4) is 39.6 Å². The number of nitriles is 1. The van der Waals surface area contributed by atoms with Crippen LogP contribution in [0, 0.1) is 17.1 Å². The summed E-state index contributed by atoms with van der Waals surface area (Å²) >= 11 is 6.22. The lowest BCUT2D eigenvalue weighted by molar-refractivity contribution is 0.631. The predicted molar refractivity (Wildman–Crippen MR) is 115 cm³/mol. The van der Waals surface area contributed by atoms with Crippen LogP contribution in [-0.4, -0.2) is 4.98 Å². The van der Waals surface area contributed by atoms with E-state index in [0.29, 0.717) is 11.3 Å². The highest BCUT2D eigenvalue weighted by molar-refractivity contribution is 6.33. The number of nitrogens with zero attached hydrogens (tertiary/aromatic N) is 2. The van der Waals surface area contributed by atoms with E-state index in [0.717, 1.165) is 16.7 Å². The van der Waals surface area contributed by atoms with Crippen LogP contribution in [0.4, 0.5) is 10.2 Å². The molecule has 0 aliphatic carbocycles. The minimum absolute atomic E-state index is 0.0338. The summed E-state index contributed by atoms with van der Waals surface area (Å²) in [7, 11) is 0. The van der Waals surface area contributed by atoms with Crippen LogP contribution in [0.5, 0.6) is 0 Å². The summed E-state index contributed by atoms with van der Waals surface area (Å²) in [5.41, 5.74) is 10.1. The smallest absolute Gasteiger partial charge is 0.142 e. The van der Waals surface area contributed by atoms with Crippen molar-refractivity contribution in [1.82, 2.24) is 4.98 Å². The van der Waals surface area contributed by atoms with Gasteiger partial charge in [-0.2, -0.15) is 5.26 Å². The monoisotopic (exact) mass is 399 g/mol. The molecule has 1 aromatic heterocycles. The zero-order valence-electron chi connectivity index (χ0n) is 15.2. The summed E-state index contributed by atoms with van der Waals surface area (Å²) in [6.45, 7) is 0. The second-order valence-corrected chi connectivity index (χ2v) is 6.87. The summed E-state index contributed by atoms with van der Waals surface area (Å²) in [6.07, 6.45) is 0. The van der Waals surface area contributed by atoms with Crippen molar-refractivity contribution in [2.24, 2.45) is 0 Å². The maximum atomic E-state index is 14.5. The zero-order chi connectivity index (χ0) is 20.4. The van der Waals surface area contributed by atoms with Gasteiger partial charge in [0.25, 0.3) is 0 Å². The molecule has 3 aromatic carbocycles. The van der Waals surface area contributed by atoms with Crippen molar-refractivity contribution in [2.45, 2.75) is 0 Å². The summed E-state index contributed by atoms with van der Waals surface area (Å²) in [5, 5.41) is 9.74. The fraction of sp³-hybridized carbons (Fsp3) is 0. The average Bonchev–Trinajstić information content (AvgIpc) is 2.74. The fourth-order valence-electron chi connectivity index (χ4n) is 3.25. The average molecular weight is 400 g/mol. The Kier molecular flexibility index (Phi) is 4.99. The first-order valence-corrected chi connectivity index (χ1v) is 9.27. The van der Waals surface area contributed by atoms with Crippen molar-refractivity contribution >= 4 is 17.4 Å². The van der Waals surface area contributed by atoms with Gasteiger partial charge in [-0.25, -0.2) is 9.37 Å². The van der Waals surface area contributed by atoms with E-state index in [9.17, 15) is 9.65 Å². The lowest BCUT2D eigenvalue weighted by atomic mass is 9.97. The van der Waals surface area contributed by atoms with Crippen molar-refractivity contribution in [2.75, 3.05) is 5.73 Å². The number of hydrogen-bond acceptors (Lipinski definition) is 3. The molecule has 2 N–H and O–H groups in total. The number of aromatic nitrogens is 1. The number of nitrogens with two attached hydrogens (primary N) is 1. The Morgan fingerprint density at radius 1 is 0.862 bits per heavy atom. The highest BCUT2D eigenvalue weighted by atomic mass is 35.5. The Morgan fingerprint density at radius 2 is 1.52 bits per heavy atom. The van der Waals surface area contributed by atoms with E-state index in [1.807, 2.05) is 60.7 Å². The number of benzene rings is 3. The molecule has 0 saturated heterocycles. The molecule has 0 atom stereocenters. The Morgan fingerprint density at radius 3 is 2.17 bits per heavy atom. The molecule has 0 aliphatic heterocycles. The normalized spacial score (nSPS) is 10.5. The Balaban J connectivity index is 1.84. The van der Waals surface area contributed by atoms with Crippen molar-refractivity contribution in [3.05, 3.63) is 95.3 Å². The summed E-state index contributed by atoms with van der Waals surface area (Å²) in [4.78, 5) is 4.35. The molecular formula is C24H15ClFN3. The molecule has 0 aliphatic rings. The molecule has 3 nitrogen and oxygen atoms in total. The molecule has 0 saturated carbocycles. The fourth-order valence-corrected chi connectivity index (χ4v) is 3.51. The highest BCUT2D eigenvalue weighted by Gasteiger charge is 2.18. The van der Waals surface area contributed by atoms with Gasteiger partial charge in [-0.15, -0.1) is 0 Å². The third-order valence-corrected chi connectivity index (χ3v) is 4.99. The van der Waals surface area contributed by atoms with Gasteiger partial charge in [-0.05, 0) is 29.3 Å². The molecule has 0 fully saturated rings. The first-order valence-electron chi connectivity index (χ1n) is 8.89. The molecule has 5 heteroatoms. The molecule has 4 rings (SSSR count). The van der Waals surface area contributed by atoms with Gasteiger partial charge in [0.2, 0.25) is 0 Å². The molecule has 0 spiro atoms. The second-order valence-electron chi connectivity index (χ2n) is 6.47. The van der Waals surface area contributed by atoms with E-state index in [1.54, 1.807) is 12.1 Å². The van der Waals surface area contributed by atoms with Gasteiger partial charge in [-0.3, -0.25) is 0 Å². The summed E-state index contributed by atoms with van der Waals surface area (Å²) in [6, 6.07) is 25.9. The number of rotatable bonds is 3. The van der Waals surface area contributed by atoms with E-state index in [-0.39, 0.29) is 22.0 Å². The van der Waals surface area contributed by atoms with E-state index >= 15 is 0 Å². The molecule has 0 radical (unpaired) electrons. The van der Waals surface area contributed by atoms with Gasteiger partial charge in [0.05, 0.1) is 10.7 Å². The summed E-state index contributed by atoms with van der Waals surface area (Å²) < 4.78 is 14.5. The number of pyridine rings is 1. The zero-order valence-corrected chi connectivity index (χ0v) is 16.0. The van der Waals surface area contributed by atoms with Crippen molar-refractivity contribution < 1.29 is 4.39 Å². The summed E-state index contributed by atoms with van der Waals surface area (Å²) in [5.74, 6) is -0.489. The van der Waals surface area contributed by atoms with Gasteiger partial charge in [0, 0.05) is 16.7 Å². The van der Waals surface area contributed by atoms with E-state index < -0.39 is 5.82 Å². The first kappa shape index (κ1) is 18.7. The topological polar surface area (TPSA) is 62.7 Å². The molecule has 0 bridgehead atoms. The van der Waals surface area contributed by atoms with E-state index in [1.165, 1.54) is 12.1 Å². The highest BCUT2D eigenvalue weighted by Crippen LogP contribution is 2.37. The molecule has 1 heterocycles. The molecule has 0 amide bonds. The van der Waals surface area contributed by atoms with Crippen LogP contribution in [0.3, 0.4) is 0 Å². The maximum absolute atomic E-state index is 14.5. The van der Waals surface area contributed by atoms with Crippen LogP contribution >= 0.6 is 11.6 Å². The molecule has 0 unspecified atom stereocenters. The Bertz CT molecular complexity index is 1210. The van der Waals surface area contributed by atoms with Gasteiger partial charge in [0.15, 0.2) is 0 Å². The third kappa shape index (κ3) is 3.56. The van der Waals surface area contributed by atoms with Crippen molar-refractivity contribution in [3.63, 3.8) is 0 Å². The second kappa shape index (κ2) is 7.75. The minimum Gasteiger partial charge on any atom is -0.383 e. The van der Waals surface area contributed by atoms with Crippen LogP contribution in [-0.2, 0) is 0 Å². The van der Waals surface area contributed by atoms with Crippen LogP contribution in [0.2, 0.25) is 5.02 Å². The van der Waals surface area contributed by atoms with Crippen LogP contribution in [0.1, 0.15) is 5.56 Å². The van der Waals surface area contributed by atoms with Gasteiger partial charge in [-0.1, -0.05) is 72.3 Å².